The van der Waals surface area contributed by atoms with E-state index in [0.29, 0.717) is 59.5 Å². The summed E-state index contributed by atoms with van der Waals surface area (Å²) in [6.45, 7) is 11.2. The molecule has 4 aromatic rings. The van der Waals surface area contributed by atoms with Gasteiger partial charge in [0.1, 0.15) is 34.4 Å². The van der Waals surface area contributed by atoms with E-state index in [1.54, 1.807) is 14.2 Å². The molecule has 16 heteroatoms. The molecule has 2 saturated heterocycles. The van der Waals surface area contributed by atoms with Crippen molar-refractivity contribution in [2.75, 3.05) is 66.1 Å². The molecule has 0 radical (unpaired) electrons. The van der Waals surface area contributed by atoms with E-state index in [1.165, 1.54) is 25.3 Å². The first-order valence-electron chi connectivity index (χ1n) is 23.6. The highest BCUT2D eigenvalue weighted by molar-refractivity contribution is 6.04. The minimum absolute atomic E-state index is 0.0350. The van der Waals surface area contributed by atoms with E-state index in [0.717, 1.165) is 119 Å². The molecule has 11 rings (SSSR count). The van der Waals surface area contributed by atoms with Crippen LogP contribution in [0.4, 0.5) is 42.3 Å². The molecule has 7 fully saturated rings. The number of aryl methyl sites for hydroxylation is 3. The standard InChI is InChI=1S/C24H31FN4O2.C13H15F2NO.C12H18N2O3/c1-3-20-22(28-24(31-20)29-6-4-5-7-29)23(30)27-17-8-14(2)21(19(25)13-17)26-18-11-15-9-16(10-15)12-18;1-16-12-5-11(15)13(6-10(12)14)17-9-3-7-2-8(7)4-9;1-4-10-9(6-15)13-11(17-10)14-7-12(5-2,8-14)16-3/h8,13,15-16,18,26H,3-7,9-12H2,1-2H3,(H,27,30);5-9,16H,2-4H2,1H3;6H,4-5,7-8H2,1-3H3. The highest BCUT2D eigenvalue weighted by Crippen LogP contribution is 2.53. The lowest BCUT2D eigenvalue weighted by Crippen LogP contribution is -2.62. The number of nitrogens with zero attached hydrogens (tertiary/aromatic N) is 4. The van der Waals surface area contributed by atoms with Crippen LogP contribution < -0.4 is 30.5 Å². The number of carbonyl (C=O) groups is 2. The number of carbonyl (C=O) groups excluding carboxylic acids is 2. The van der Waals surface area contributed by atoms with E-state index in [-0.39, 0.29) is 40.6 Å². The molecule has 2 bridgehead atoms. The maximum atomic E-state index is 14.9. The molecule has 65 heavy (non-hydrogen) atoms. The molecule has 3 N–H and O–H groups in total. The van der Waals surface area contributed by atoms with Crippen molar-refractivity contribution in [1.82, 2.24) is 9.97 Å². The number of methoxy groups -OCH3 is 1. The van der Waals surface area contributed by atoms with Gasteiger partial charge in [0, 0.05) is 64.0 Å². The Bertz CT molecular complexity index is 2270. The highest BCUT2D eigenvalue weighted by Gasteiger charge is 2.47. The molecule has 4 heterocycles. The maximum absolute atomic E-state index is 14.9. The Morgan fingerprint density at radius 3 is 2.09 bits per heavy atom. The number of anilines is 5. The van der Waals surface area contributed by atoms with Crippen LogP contribution in [0, 0.1) is 48.0 Å². The number of fused-ring (bicyclic) bond motifs is 3. The summed E-state index contributed by atoms with van der Waals surface area (Å²) in [5.74, 6) is 2.72. The Hall–Kier alpha value is -5.25. The van der Waals surface area contributed by atoms with Gasteiger partial charge in [0.2, 0.25) is 0 Å². The number of hydrogen-bond acceptors (Lipinski definition) is 12. The van der Waals surface area contributed by atoms with Crippen molar-refractivity contribution < 1.29 is 41.1 Å². The molecule has 2 atom stereocenters. The largest absolute Gasteiger partial charge is 0.487 e. The summed E-state index contributed by atoms with van der Waals surface area (Å²) in [4.78, 5) is 36.4. The first-order valence-corrected chi connectivity index (χ1v) is 23.6. The fraction of sp³-hybridized carbons (Fsp3) is 0.592. The van der Waals surface area contributed by atoms with E-state index in [4.69, 9.17) is 18.3 Å². The Kier molecular flexibility index (Phi) is 14.0. The number of benzene rings is 2. The monoisotopic (exact) mass is 903 g/mol. The summed E-state index contributed by atoms with van der Waals surface area (Å²) in [5, 5.41) is 8.84. The van der Waals surface area contributed by atoms with Crippen LogP contribution >= 0.6 is 0 Å². The lowest BCUT2D eigenvalue weighted by atomic mass is 9.63. The minimum atomic E-state index is -0.503. The van der Waals surface area contributed by atoms with Gasteiger partial charge < -0.3 is 44.1 Å². The van der Waals surface area contributed by atoms with Gasteiger partial charge in [0.15, 0.2) is 23.5 Å². The molecule has 7 aliphatic rings. The van der Waals surface area contributed by atoms with Crippen LogP contribution in [0.1, 0.15) is 123 Å². The van der Waals surface area contributed by atoms with E-state index >= 15 is 0 Å². The molecular weight excluding hydrogens is 840 g/mol. The third-order valence-electron chi connectivity index (χ3n) is 14.3. The summed E-state index contributed by atoms with van der Waals surface area (Å²) < 4.78 is 64.5. The SMILES string of the molecule is CCc1oc(N2CC(CC)(OC)C2)nc1C=O.CCc1oc(N2CCCC2)nc1C(=O)Nc1cc(C)c(NC2CC3CC(C3)C2)c(F)c1.CNc1cc(F)c(OC2CC3CC3C2)cc1F. The van der Waals surface area contributed by atoms with Gasteiger partial charge in [-0.25, -0.2) is 13.2 Å². The summed E-state index contributed by atoms with van der Waals surface area (Å²) in [7, 11) is 3.29. The molecule has 13 nitrogen and oxygen atoms in total. The number of rotatable bonds is 14. The molecule has 5 saturated carbocycles. The van der Waals surface area contributed by atoms with Gasteiger partial charge in [0.05, 0.1) is 30.6 Å². The van der Waals surface area contributed by atoms with Crippen molar-refractivity contribution in [1.29, 1.82) is 0 Å². The highest BCUT2D eigenvalue weighted by atomic mass is 19.1. The van der Waals surface area contributed by atoms with E-state index in [9.17, 15) is 22.8 Å². The predicted octanol–water partition coefficient (Wildman–Crippen LogP) is 9.99. The van der Waals surface area contributed by atoms with Crippen molar-refractivity contribution in [2.24, 2.45) is 23.7 Å². The first kappa shape index (κ1) is 46.3. The van der Waals surface area contributed by atoms with E-state index in [2.05, 4.69) is 37.7 Å². The minimum Gasteiger partial charge on any atom is -0.487 e. The lowest BCUT2D eigenvalue weighted by molar-refractivity contribution is -0.0379. The van der Waals surface area contributed by atoms with Gasteiger partial charge in [-0.1, -0.05) is 20.8 Å². The Balaban J connectivity index is 0.000000144. The van der Waals surface area contributed by atoms with E-state index in [1.807, 2.05) is 31.7 Å². The van der Waals surface area contributed by atoms with Crippen molar-refractivity contribution in [3.63, 3.8) is 0 Å². The van der Waals surface area contributed by atoms with Gasteiger partial charge in [-0.15, -0.1) is 0 Å². The van der Waals surface area contributed by atoms with Crippen molar-refractivity contribution in [3.05, 3.63) is 70.2 Å². The van der Waals surface area contributed by atoms with Crippen LogP contribution in [0.5, 0.6) is 5.75 Å². The zero-order chi connectivity index (χ0) is 46.0. The molecule has 2 unspecified atom stereocenters. The number of halogens is 3. The summed E-state index contributed by atoms with van der Waals surface area (Å²) >= 11 is 0. The van der Waals surface area contributed by atoms with Gasteiger partial charge >= 0.3 is 0 Å². The van der Waals surface area contributed by atoms with Gasteiger partial charge in [-0.3, -0.25) is 9.59 Å². The average molecular weight is 904 g/mol. The molecule has 352 valence electrons. The summed E-state index contributed by atoms with van der Waals surface area (Å²) in [5.41, 5.74) is 2.55. The normalized spacial score (nSPS) is 24.3. The number of nitrogens with one attached hydrogen (secondary N) is 3. The third-order valence-corrected chi connectivity index (χ3v) is 14.3. The molecule has 5 aliphatic carbocycles. The first-order chi connectivity index (χ1) is 31.3. The lowest BCUT2D eigenvalue weighted by Gasteiger charge is -2.47. The molecule has 1 amide bonds. The zero-order valence-corrected chi connectivity index (χ0v) is 38.5. The molecule has 2 aromatic carbocycles. The summed E-state index contributed by atoms with van der Waals surface area (Å²) in [6, 6.07) is 6.87. The van der Waals surface area contributed by atoms with E-state index < -0.39 is 11.6 Å². The van der Waals surface area contributed by atoms with Crippen molar-refractivity contribution in [2.45, 2.75) is 122 Å². The van der Waals surface area contributed by atoms with Crippen LogP contribution in [-0.2, 0) is 17.6 Å². The fourth-order valence-electron chi connectivity index (χ4n) is 10.3. The number of oxazole rings is 2. The second-order valence-corrected chi connectivity index (χ2v) is 18.8. The maximum Gasteiger partial charge on any atom is 0.298 e. The Morgan fingerprint density at radius 1 is 0.846 bits per heavy atom. The van der Waals surface area contributed by atoms with Crippen LogP contribution in [-0.4, -0.2) is 80.2 Å². The Labute approximate surface area is 379 Å². The van der Waals surface area contributed by atoms with Crippen molar-refractivity contribution in [3.8, 4) is 5.75 Å². The topological polar surface area (TPSA) is 147 Å². The molecular formula is C49H64F3N7O6. The number of aromatic nitrogens is 2. The number of ether oxygens (including phenoxy) is 2. The molecule has 2 aromatic heterocycles. The second kappa shape index (κ2) is 19.7. The smallest absolute Gasteiger partial charge is 0.298 e. The van der Waals surface area contributed by atoms with Crippen LogP contribution in [0.15, 0.2) is 33.1 Å². The predicted molar refractivity (Wildman–Crippen MR) is 244 cm³/mol. The number of amides is 1. The summed E-state index contributed by atoms with van der Waals surface area (Å²) in [6.07, 6.45) is 13.4. The molecule has 0 spiro atoms. The van der Waals surface area contributed by atoms with Gasteiger partial charge in [-0.2, -0.15) is 9.97 Å². The number of hydrogen-bond donors (Lipinski definition) is 3. The van der Waals surface area contributed by atoms with Gasteiger partial charge in [0.25, 0.3) is 17.9 Å². The quantitative estimate of drug-likeness (QED) is 0.104. The van der Waals surface area contributed by atoms with Crippen LogP contribution in [0.2, 0.25) is 0 Å². The third kappa shape index (κ3) is 10.3. The second-order valence-electron chi connectivity index (χ2n) is 18.8. The Morgan fingerprint density at radius 2 is 1.51 bits per heavy atom. The molecule has 2 aliphatic heterocycles. The van der Waals surface area contributed by atoms with Crippen LogP contribution in [0.3, 0.4) is 0 Å². The van der Waals surface area contributed by atoms with Crippen molar-refractivity contribution >= 4 is 41.3 Å². The average Bonchev–Trinajstić information content (AvgIpc) is 3.83. The zero-order valence-electron chi connectivity index (χ0n) is 38.5. The fourth-order valence-corrected chi connectivity index (χ4v) is 10.3. The van der Waals surface area contributed by atoms with Crippen LogP contribution in [0.25, 0.3) is 0 Å². The number of aldehydes is 1. The van der Waals surface area contributed by atoms with Gasteiger partial charge in [-0.05, 0) is 112 Å².